The predicted molar refractivity (Wildman–Crippen MR) is 394 cm³/mol. The molecule has 0 aliphatic carbocycles. The summed E-state index contributed by atoms with van der Waals surface area (Å²) in [4.78, 5) is 42.5. The highest BCUT2D eigenvalue weighted by molar-refractivity contribution is 6.76. The number of methoxy groups -OCH3 is 4. The zero-order valence-corrected chi connectivity index (χ0v) is 58.9. The number of ether oxygens (including phenoxy) is 7. The van der Waals surface area contributed by atoms with E-state index in [1.54, 1.807) is 69.9 Å². The normalized spacial score (nSPS) is 12.5. The Morgan fingerprint density at radius 1 is 0.461 bits per heavy atom. The summed E-state index contributed by atoms with van der Waals surface area (Å²) in [5, 5.41) is 13.0. The summed E-state index contributed by atoms with van der Waals surface area (Å²) in [6.07, 6.45) is 3.47. The number of aromatic hydroxyl groups is 1. The summed E-state index contributed by atoms with van der Waals surface area (Å²) < 4.78 is 70.3. The number of aromatic nitrogens is 2. The van der Waals surface area contributed by atoms with Gasteiger partial charge < -0.3 is 48.1 Å². The van der Waals surface area contributed by atoms with Gasteiger partial charge in [-0.2, -0.15) is 0 Å². The zero-order valence-electron chi connectivity index (χ0n) is 57.9. The molecule has 0 saturated carbocycles. The van der Waals surface area contributed by atoms with Crippen molar-refractivity contribution in [3.05, 3.63) is 320 Å². The number of rotatable bonds is 24. The van der Waals surface area contributed by atoms with Crippen molar-refractivity contribution in [3.8, 4) is 46.0 Å². The molecule has 17 heteroatoms. The number of hydrogen-bond donors (Lipinski definition) is 1. The molecule has 0 radical (unpaired) electrons. The molecule has 4 heterocycles. The lowest BCUT2D eigenvalue weighted by atomic mass is 9.98. The Bertz CT molecular complexity index is 4910. The molecule has 0 bridgehead atoms. The Kier molecular flexibility index (Phi) is 20.6. The maximum absolute atomic E-state index is 14.8. The second-order valence-electron chi connectivity index (χ2n) is 26.6. The third-order valence-electron chi connectivity index (χ3n) is 18.5. The highest BCUT2D eigenvalue weighted by Gasteiger charge is 2.40. The standard InChI is InChI=1S/C45H45FN2O5Si.C40H33FN2O5/c1-50-36-21-18-34(39(26-36)51-2)28-48-29-38-40(45(48)49)44(53-42(32-12-8-6-9-13-32)33-14-10-7-11-15-33)41-37(43(38)52-22-23-54(3,4)5)25-31(27-47-41)24-30-16-19-35(46)20-17-30;1-46-31-18-15-29(34(21-31)47-2)23-43-24-33-35(40(43)45)39(48-38(27-9-5-3-6-10-27)28-11-7-4-8-12-28)36-32(37(33)44)20-26(22-42-36)19-25-13-16-30(41)17-14-25/h6-21,25-27,42H,22-24,28-29H2,1-5H3;3-18,20-22,38,44H,19,23-24H2,1-2H3. The molecule has 0 unspecified atom stereocenters. The number of pyridine rings is 2. The molecule has 2 amide bonds. The Morgan fingerprint density at radius 3 is 1.25 bits per heavy atom. The molecule has 14 nitrogen and oxygen atoms in total. The van der Waals surface area contributed by atoms with Crippen LogP contribution in [0, 0.1) is 11.6 Å². The fourth-order valence-electron chi connectivity index (χ4n) is 13.2. The number of hydrogen-bond acceptors (Lipinski definition) is 12. The van der Waals surface area contributed by atoms with Gasteiger partial charge in [-0.15, -0.1) is 0 Å². The van der Waals surface area contributed by atoms with Crippen LogP contribution in [0.15, 0.2) is 231 Å². The number of carbonyl (C=O) groups excluding carboxylic acids is 2. The Balaban J connectivity index is 0.000000183. The van der Waals surface area contributed by atoms with Crippen LogP contribution in [0.4, 0.5) is 8.78 Å². The molecule has 12 aromatic rings. The lowest BCUT2D eigenvalue weighted by molar-refractivity contribution is 0.0753. The number of amides is 2. The summed E-state index contributed by atoms with van der Waals surface area (Å²) in [6, 6.07) is 68.5. The van der Waals surface area contributed by atoms with E-state index in [0.29, 0.717) is 100 Å². The minimum absolute atomic E-state index is 0.0191. The highest BCUT2D eigenvalue weighted by Crippen LogP contribution is 2.50. The van der Waals surface area contributed by atoms with Gasteiger partial charge in [0.2, 0.25) is 0 Å². The molecular formula is C85H78F2N4O10Si. The van der Waals surface area contributed by atoms with Gasteiger partial charge in [0, 0.05) is 78.7 Å². The summed E-state index contributed by atoms with van der Waals surface area (Å²) in [5.74, 6) is 2.83. The second kappa shape index (κ2) is 30.5. The van der Waals surface area contributed by atoms with Crippen LogP contribution in [0.2, 0.25) is 25.7 Å². The van der Waals surface area contributed by atoms with Gasteiger partial charge in [0.15, 0.2) is 11.5 Å². The first kappa shape index (κ1) is 68.9. The van der Waals surface area contributed by atoms with Gasteiger partial charge in [-0.05, 0) is 124 Å². The average Bonchev–Trinajstić information content (AvgIpc) is 1.43. The van der Waals surface area contributed by atoms with Crippen LogP contribution in [0.3, 0.4) is 0 Å². The van der Waals surface area contributed by atoms with Gasteiger partial charge in [-0.1, -0.05) is 165 Å². The molecule has 0 spiro atoms. The SMILES string of the molecule is COc1ccc(CN2Cc3c(c(OC(c4ccccc4)c4ccccc4)c4ncc(Cc5ccc(F)cc5)cc4c3O)C2=O)c(OC)c1.COc1ccc(CN2Cc3c(c(OC(c4ccccc4)c4ccccc4)c4ncc(Cc5ccc(F)cc5)cc4c3OCC[Si](C)(C)C)C2=O)c(OC)c1. The van der Waals surface area contributed by atoms with E-state index in [1.165, 1.54) is 24.3 Å². The number of nitrogens with zero attached hydrogens (tertiary/aromatic N) is 4. The van der Waals surface area contributed by atoms with Crippen LogP contribution < -0.4 is 33.2 Å². The Labute approximate surface area is 593 Å². The Morgan fingerprint density at radius 2 is 0.853 bits per heavy atom. The predicted octanol–water partition coefficient (Wildman–Crippen LogP) is 18.0. The second-order valence-corrected chi connectivity index (χ2v) is 32.2. The fourth-order valence-corrected chi connectivity index (χ4v) is 13.9. The molecule has 516 valence electrons. The lowest BCUT2D eigenvalue weighted by Gasteiger charge is -2.24. The van der Waals surface area contributed by atoms with Gasteiger partial charge in [0.05, 0.1) is 59.3 Å². The van der Waals surface area contributed by atoms with Crippen molar-refractivity contribution in [3.63, 3.8) is 0 Å². The van der Waals surface area contributed by atoms with Gasteiger partial charge >= 0.3 is 0 Å². The smallest absolute Gasteiger partial charge is 0.258 e. The summed E-state index contributed by atoms with van der Waals surface area (Å²) >= 11 is 0. The monoisotopic (exact) mass is 1380 g/mol. The maximum Gasteiger partial charge on any atom is 0.258 e. The van der Waals surface area contributed by atoms with Crippen molar-refractivity contribution in [2.75, 3.05) is 35.0 Å². The van der Waals surface area contributed by atoms with Crippen LogP contribution in [0.5, 0.6) is 46.0 Å². The van der Waals surface area contributed by atoms with E-state index in [4.69, 9.17) is 43.1 Å². The van der Waals surface area contributed by atoms with Crippen LogP contribution in [-0.2, 0) is 39.0 Å². The fraction of sp³-hybridized carbons (Fsp3) is 0.200. The first-order valence-corrected chi connectivity index (χ1v) is 37.5. The van der Waals surface area contributed by atoms with Crippen molar-refractivity contribution in [2.24, 2.45) is 0 Å². The summed E-state index contributed by atoms with van der Waals surface area (Å²) in [7, 11) is 4.92. The van der Waals surface area contributed by atoms with Crippen molar-refractivity contribution in [1.29, 1.82) is 0 Å². The molecule has 2 aromatic heterocycles. The number of phenolic OH excluding ortho intramolecular Hbond substituents is 1. The van der Waals surface area contributed by atoms with Gasteiger partial charge in [0.1, 0.15) is 69.4 Å². The summed E-state index contributed by atoms with van der Waals surface area (Å²) in [6.45, 7) is 8.47. The van der Waals surface area contributed by atoms with E-state index in [1.807, 2.05) is 169 Å². The number of halogens is 2. The third-order valence-corrected chi connectivity index (χ3v) is 20.2. The average molecular weight is 1380 g/mol. The van der Waals surface area contributed by atoms with Crippen LogP contribution in [-0.4, -0.2) is 79.8 Å². The molecule has 0 saturated heterocycles. The van der Waals surface area contributed by atoms with E-state index in [0.717, 1.165) is 72.6 Å². The van der Waals surface area contributed by atoms with E-state index < -0.39 is 20.3 Å². The molecule has 102 heavy (non-hydrogen) atoms. The minimum atomic E-state index is -1.47. The van der Waals surface area contributed by atoms with Crippen molar-refractivity contribution < 1.29 is 56.6 Å². The zero-order chi connectivity index (χ0) is 71.0. The molecular weight excluding hydrogens is 1300 g/mol. The van der Waals surface area contributed by atoms with Gasteiger partial charge in [-0.3, -0.25) is 19.6 Å². The number of benzene rings is 10. The molecule has 14 rings (SSSR count). The molecule has 2 aliphatic heterocycles. The first-order chi connectivity index (χ1) is 49.5. The number of fused-ring (bicyclic) bond motifs is 4. The van der Waals surface area contributed by atoms with Crippen molar-refractivity contribution >= 4 is 41.7 Å². The number of carbonyl (C=O) groups is 2. The third kappa shape index (κ3) is 15.1. The van der Waals surface area contributed by atoms with Crippen LogP contribution in [0.1, 0.15) is 99.7 Å². The first-order valence-electron chi connectivity index (χ1n) is 33.8. The van der Waals surface area contributed by atoms with E-state index in [2.05, 4.69) is 25.7 Å². The Hall–Kier alpha value is -11.6. The van der Waals surface area contributed by atoms with E-state index >= 15 is 0 Å². The van der Waals surface area contributed by atoms with Crippen LogP contribution >= 0.6 is 0 Å². The lowest BCUT2D eigenvalue weighted by Crippen LogP contribution is -2.24. The van der Waals surface area contributed by atoms with Crippen molar-refractivity contribution in [1.82, 2.24) is 19.8 Å². The van der Waals surface area contributed by atoms with Gasteiger partial charge in [-0.25, -0.2) is 8.78 Å². The van der Waals surface area contributed by atoms with Crippen LogP contribution in [0.25, 0.3) is 21.8 Å². The molecule has 0 atom stereocenters. The topological polar surface area (TPSA) is 151 Å². The quantitative estimate of drug-likeness (QED) is 0.0573. The molecule has 10 aromatic carbocycles. The minimum Gasteiger partial charge on any atom is -0.507 e. The van der Waals surface area contributed by atoms with Gasteiger partial charge in [0.25, 0.3) is 11.8 Å². The van der Waals surface area contributed by atoms with E-state index in [9.17, 15) is 23.5 Å². The molecule has 0 fully saturated rings. The maximum atomic E-state index is 14.8. The largest absolute Gasteiger partial charge is 0.507 e. The number of phenols is 1. The van der Waals surface area contributed by atoms with Crippen molar-refractivity contribution in [2.45, 2.75) is 76.9 Å². The molecule has 1 N–H and O–H groups in total. The highest BCUT2D eigenvalue weighted by atomic mass is 28.3. The summed E-state index contributed by atoms with van der Waals surface area (Å²) in [5.41, 5.74) is 11.8. The van der Waals surface area contributed by atoms with E-state index in [-0.39, 0.29) is 47.9 Å². The molecule has 2 aliphatic rings.